The van der Waals surface area contributed by atoms with E-state index in [4.69, 9.17) is 27.2 Å². The van der Waals surface area contributed by atoms with Crippen molar-refractivity contribution in [3.63, 3.8) is 0 Å². The van der Waals surface area contributed by atoms with Gasteiger partial charge in [-0.1, -0.05) is 31.2 Å². The summed E-state index contributed by atoms with van der Waals surface area (Å²) in [7, 11) is -1.22. The van der Waals surface area contributed by atoms with Gasteiger partial charge in [-0.15, -0.1) is 5.10 Å². The van der Waals surface area contributed by atoms with Gasteiger partial charge in [0.2, 0.25) is 0 Å². The number of rotatable bonds is 10. The Bertz CT molecular complexity index is 1630. The van der Waals surface area contributed by atoms with Crippen molar-refractivity contribution in [1.29, 1.82) is 0 Å². The molecule has 2 amide bonds. The monoisotopic (exact) mass is 613 g/mol. The first kappa shape index (κ1) is 29.8. The van der Waals surface area contributed by atoms with Crippen LogP contribution in [0.5, 0.6) is 0 Å². The van der Waals surface area contributed by atoms with Crippen molar-refractivity contribution in [1.82, 2.24) is 29.7 Å². The van der Waals surface area contributed by atoms with Gasteiger partial charge in [0, 0.05) is 63.4 Å². The fraction of sp³-hybridized carbons (Fsp3) is 0.444. The fourth-order valence-electron chi connectivity index (χ4n) is 5.08. The van der Waals surface area contributed by atoms with E-state index >= 15 is 0 Å². The molecular formula is C27H36ClN9O4Si. The fourth-order valence-corrected chi connectivity index (χ4v) is 6.09. The van der Waals surface area contributed by atoms with Gasteiger partial charge < -0.3 is 25.8 Å². The molecule has 1 aliphatic heterocycles. The Hall–Kier alpha value is -3.72. The van der Waals surface area contributed by atoms with Crippen LogP contribution >= 0.6 is 11.6 Å². The molecule has 0 saturated carbocycles. The molecule has 13 nitrogen and oxygen atoms in total. The summed E-state index contributed by atoms with van der Waals surface area (Å²) in [6.45, 7) is 11.1. The van der Waals surface area contributed by atoms with E-state index in [1.807, 2.05) is 19.2 Å². The van der Waals surface area contributed by atoms with E-state index in [2.05, 4.69) is 45.3 Å². The number of carbonyl (C=O) groups is 2. The van der Waals surface area contributed by atoms with Crippen LogP contribution in [-0.4, -0.2) is 75.3 Å². The summed E-state index contributed by atoms with van der Waals surface area (Å²) in [5, 5.41) is 24.8. The van der Waals surface area contributed by atoms with Crippen molar-refractivity contribution >= 4 is 59.7 Å². The zero-order chi connectivity index (χ0) is 30.2. The maximum atomic E-state index is 13.6. The standard InChI is InChI=1S/C27H36ClN9O4Si/c1-16(31-26(38)21-24(32-27(39)40)34-37-8-5-7-30-25(21)37)18-12-20(28)19-14-36(15-41-10-11-42(2,3)4)33-22(19)23(18)35-9-6-17(29)13-35/h5,7-8,12,14,16-17H,6,9-11,13,15,29H2,1-4H3,(H,31,38)(H,32,34)(H,39,40)/t16?,17-/m0/s1. The van der Waals surface area contributed by atoms with E-state index in [1.165, 1.54) is 10.7 Å². The van der Waals surface area contributed by atoms with E-state index < -0.39 is 26.1 Å². The minimum Gasteiger partial charge on any atom is -0.465 e. The predicted octanol–water partition coefficient (Wildman–Crippen LogP) is 4.16. The smallest absolute Gasteiger partial charge is 0.410 e. The molecular weight excluding hydrogens is 578 g/mol. The van der Waals surface area contributed by atoms with Crippen LogP contribution in [0.4, 0.5) is 16.3 Å². The van der Waals surface area contributed by atoms with Crippen molar-refractivity contribution in [3.05, 3.63) is 46.9 Å². The van der Waals surface area contributed by atoms with Gasteiger partial charge in [0.15, 0.2) is 11.5 Å². The number of nitrogens with zero attached hydrogens (tertiary/aromatic N) is 6. The van der Waals surface area contributed by atoms with Gasteiger partial charge in [-0.3, -0.25) is 10.1 Å². The molecule has 3 aromatic heterocycles. The molecule has 5 N–H and O–H groups in total. The van der Waals surface area contributed by atoms with Crippen molar-refractivity contribution in [3.8, 4) is 0 Å². The highest BCUT2D eigenvalue weighted by Crippen LogP contribution is 2.39. The third kappa shape index (κ3) is 6.36. The molecule has 224 valence electrons. The Balaban J connectivity index is 1.49. The average Bonchev–Trinajstić information content (AvgIpc) is 3.62. The third-order valence-corrected chi connectivity index (χ3v) is 9.24. The van der Waals surface area contributed by atoms with Crippen LogP contribution in [0.1, 0.15) is 35.3 Å². The number of anilines is 2. The van der Waals surface area contributed by atoms with Gasteiger partial charge >= 0.3 is 6.09 Å². The number of aromatic nitrogens is 5. The van der Waals surface area contributed by atoms with Crippen molar-refractivity contribution in [2.75, 3.05) is 29.9 Å². The number of ether oxygens (including phenoxy) is 1. The molecule has 1 fully saturated rings. The molecule has 1 unspecified atom stereocenters. The molecule has 5 rings (SSSR count). The van der Waals surface area contributed by atoms with E-state index in [0.29, 0.717) is 30.4 Å². The number of amides is 2. The number of carboxylic acid groups (broad SMARTS) is 1. The summed E-state index contributed by atoms with van der Waals surface area (Å²) in [5.74, 6) is -0.653. The molecule has 0 radical (unpaired) electrons. The predicted molar refractivity (Wildman–Crippen MR) is 164 cm³/mol. The number of nitrogens with two attached hydrogens (primary N) is 1. The van der Waals surface area contributed by atoms with Crippen LogP contribution in [0.2, 0.25) is 30.7 Å². The van der Waals surface area contributed by atoms with E-state index in [9.17, 15) is 14.7 Å². The normalized spacial score (nSPS) is 16.3. The second kappa shape index (κ2) is 11.9. The lowest BCUT2D eigenvalue weighted by molar-refractivity contribution is 0.0791. The van der Waals surface area contributed by atoms with Crippen molar-refractivity contribution < 1.29 is 19.4 Å². The van der Waals surface area contributed by atoms with E-state index in [-0.39, 0.29) is 23.1 Å². The Morgan fingerprint density at radius 1 is 1.31 bits per heavy atom. The molecule has 2 atom stereocenters. The summed E-state index contributed by atoms with van der Waals surface area (Å²) in [6.07, 6.45) is 4.46. The van der Waals surface area contributed by atoms with Crippen molar-refractivity contribution in [2.45, 2.75) is 57.8 Å². The maximum Gasteiger partial charge on any atom is 0.410 e. The summed E-state index contributed by atoms with van der Waals surface area (Å²) >= 11 is 6.80. The van der Waals surface area contributed by atoms with Gasteiger partial charge in [-0.25, -0.2) is 19.0 Å². The third-order valence-electron chi connectivity index (χ3n) is 7.22. The number of carbonyl (C=O) groups excluding carboxylic acids is 1. The van der Waals surface area contributed by atoms with Crippen LogP contribution in [-0.2, 0) is 11.5 Å². The summed E-state index contributed by atoms with van der Waals surface area (Å²) in [4.78, 5) is 31.5. The summed E-state index contributed by atoms with van der Waals surface area (Å²) in [5.41, 5.74) is 8.83. The zero-order valence-corrected chi connectivity index (χ0v) is 25.9. The number of fused-ring (bicyclic) bond motifs is 2. The van der Waals surface area contributed by atoms with Gasteiger partial charge in [-0.2, -0.15) is 5.10 Å². The Kier molecular flexibility index (Phi) is 8.41. The quantitative estimate of drug-likeness (QED) is 0.152. The van der Waals surface area contributed by atoms with Gasteiger partial charge in [0.25, 0.3) is 5.91 Å². The number of halogens is 1. The van der Waals surface area contributed by atoms with Crippen LogP contribution < -0.4 is 21.3 Å². The lowest BCUT2D eigenvalue weighted by Crippen LogP contribution is -2.31. The highest BCUT2D eigenvalue weighted by Gasteiger charge is 2.30. The topological polar surface area (TPSA) is 165 Å². The van der Waals surface area contributed by atoms with Gasteiger partial charge in [0.05, 0.1) is 16.8 Å². The molecule has 4 heterocycles. The maximum absolute atomic E-state index is 13.6. The van der Waals surface area contributed by atoms with Gasteiger partial charge in [0.1, 0.15) is 17.8 Å². The second-order valence-electron chi connectivity index (χ2n) is 11.8. The van der Waals surface area contributed by atoms with Crippen molar-refractivity contribution in [2.24, 2.45) is 5.73 Å². The van der Waals surface area contributed by atoms with E-state index in [0.717, 1.165) is 35.6 Å². The molecule has 4 aromatic rings. The summed E-state index contributed by atoms with van der Waals surface area (Å²) in [6, 6.07) is 4.00. The van der Waals surface area contributed by atoms with Crippen LogP contribution in [0, 0.1) is 0 Å². The molecule has 0 spiro atoms. The highest BCUT2D eigenvalue weighted by molar-refractivity contribution is 6.76. The second-order valence-corrected chi connectivity index (χ2v) is 17.8. The minimum atomic E-state index is -1.34. The first-order chi connectivity index (χ1) is 19.9. The SMILES string of the molecule is CC(NC(=O)c1c(NC(=O)O)nn2cccnc12)c1cc(Cl)c2cn(COCC[Si](C)(C)C)nc2c1N1CC[C@H](N)C1. The Morgan fingerprint density at radius 2 is 2.10 bits per heavy atom. The molecule has 42 heavy (non-hydrogen) atoms. The largest absolute Gasteiger partial charge is 0.465 e. The molecule has 15 heteroatoms. The molecule has 1 aromatic carbocycles. The Morgan fingerprint density at radius 3 is 2.79 bits per heavy atom. The first-order valence-corrected chi connectivity index (χ1v) is 17.9. The summed E-state index contributed by atoms with van der Waals surface area (Å²) < 4.78 is 9.04. The average molecular weight is 614 g/mol. The van der Waals surface area contributed by atoms with Gasteiger partial charge in [-0.05, 0) is 31.5 Å². The van der Waals surface area contributed by atoms with E-state index in [1.54, 1.807) is 16.9 Å². The number of hydrogen-bond donors (Lipinski definition) is 4. The zero-order valence-electron chi connectivity index (χ0n) is 24.1. The van der Waals surface area contributed by atoms with Crippen LogP contribution in [0.25, 0.3) is 16.6 Å². The van der Waals surface area contributed by atoms with Crippen LogP contribution in [0.3, 0.4) is 0 Å². The Labute approximate surface area is 249 Å². The molecule has 1 saturated heterocycles. The molecule has 0 bridgehead atoms. The molecule has 1 aliphatic rings. The number of hydrogen-bond acceptors (Lipinski definition) is 8. The number of nitrogens with one attached hydrogen (secondary N) is 2. The highest BCUT2D eigenvalue weighted by atomic mass is 35.5. The lowest BCUT2D eigenvalue weighted by atomic mass is 10.0. The molecule has 0 aliphatic carbocycles. The van der Waals surface area contributed by atoms with Crippen LogP contribution in [0.15, 0.2) is 30.7 Å². The number of benzene rings is 1. The minimum absolute atomic E-state index is 0.00923. The lowest BCUT2D eigenvalue weighted by Gasteiger charge is -2.26. The first-order valence-electron chi connectivity index (χ1n) is 13.8.